The molecule has 0 heterocycles. The van der Waals surface area contributed by atoms with Crippen LogP contribution in [-0.2, 0) is 11.0 Å². The average molecular weight is 432 g/mol. The molecule has 0 amide bonds. The maximum Gasteiger partial charge on any atom is 0.192 e. The molecule has 3 atom stereocenters. The van der Waals surface area contributed by atoms with E-state index in [1.165, 1.54) is 5.56 Å². The fourth-order valence-corrected chi connectivity index (χ4v) is 5.19. The summed E-state index contributed by atoms with van der Waals surface area (Å²) in [5.41, 5.74) is 4.95. The monoisotopic (exact) mass is 431 g/mol. The number of nitrogens with one attached hydrogen (secondary N) is 1. The lowest BCUT2D eigenvalue weighted by atomic mass is 9.92. The van der Waals surface area contributed by atoms with Gasteiger partial charge in [0, 0.05) is 18.5 Å². The van der Waals surface area contributed by atoms with Gasteiger partial charge in [-0.25, -0.2) is 0 Å². The van der Waals surface area contributed by atoms with Crippen molar-refractivity contribution in [2.45, 2.75) is 104 Å². The fraction of sp³-hybridized carbons (Fsp3) is 0.680. The Morgan fingerprint density at radius 3 is 2.10 bits per heavy atom. The van der Waals surface area contributed by atoms with E-state index in [-0.39, 0.29) is 17.2 Å². The molecular formula is C25H45NOSi2. The van der Waals surface area contributed by atoms with E-state index in [4.69, 9.17) is 4.43 Å². The van der Waals surface area contributed by atoms with Gasteiger partial charge in [0.25, 0.3) is 0 Å². The van der Waals surface area contributed by atoms with Crippen LogP contribution < -0.4 is 5.32 Å². The summed E-state index contributed by atoms with van der Waals surface area (Å²) in [6.45, 7) is 24.0. The summed E-state index contributed by atoms with van der Waals surface area (Å²) in [5.74, 6) is 4.00. The highest BCUT2D eigenvalue weighted by atomic mass is 28.4. The van der Waals surface area contributed by atoms with Crippen molar-refractivity contribution >= 4 is 16.4 Å². The quantitative estimate of drug-likeness (QED) is 0.341. The van der Waals surface area contributed by atoms with Crippen molar-refractivity contribution in [3.05, 3.63) is 35.9 Å². The van der Waals surface area contributed by atoms with Crippen LogP contribution in [-0.4, -0.2) is 28.5 Å². The summed E-state index contributed by atoms with van der Waals surface area (Å²) in [7, 11) is -3.26. The lowest BCUT2D eigenvalue weighted by Crippen LogP contribution is -2.51. The van der Waals surface area contributed by atoms with Gasteiger partial charge in [0.05, 0.1) is 6.10 Å². The second-order valence-corrected chi connectivity index (χ2v) is 20.4. The fourth-order valence-electron chi connectivity index (χ4n) is 3.14. The van der Waals surface area contributed by atoms with Gasteiger partial charge in [-0.1, -0.05) is 84.1 Å². The van der Waals surface area contributed by atoms with Gasteiger partial charge in [-0.2, -0.15) is 0 Å². The Hall–Kier alpha value is -0.866. The van der Waals surface area contributed by atoms with Crippen LogP contribution in [0.15, 0.2) is 30.3 Å². The molecule has 164 valence electrons. The zero-order chi connectivity index (χ0) is 22.3. The van der Waals surface area contributed by atoms with Crippen molar-refractivity contribution in [1.82, 2.24) is 5.32 Å². The van der Waals surface area contributed by atoms with Gasteiger partial charge >= 0.3 is 0 Å². The Balaban J connectivity index is 3.14. The second-order valence-electron chi connectivity index (χ2n) is 10.9. The molecular weight excluding hydrogens is 386 g/mol. The first-order chi connectivity index (χ1) is 13.3. The van der Waals surface area contributed by atoms with Crippen LogP contribution in [0.2, 0.25) is 37.8 Å². The number of benzene rings is 1. The van der Waals surface area contributed by atoms with Crippen molar-refractivity contribution < 1.29 is 4.43 Å². The standard InChI is InChI=1S/C25H45NOSi2/c1-11-15-23(18-19-28(6,7)8)24(26-20-22-16-13-12-14-17-22)21(2)27-29(9,10)25(3,4)5/h12-14,16-17,21,23-24,26H,11,15,20H2,1-10H3/t21-,23+,24-/m1/s1. The van der Waals surface area contributed by atoms with Gasteiger partial charge in [0.1, 0.15) is 8.07 Å². The van der Waals surface area contributed by atoms with Crippen molar-refractivity contribution in [3.8, 4) is 11.5 Å². The highest BCUT2D eigenvalue weighted by molar-refractivity contribution is 6.83. The van der Waals surface area contributed by atoms with E-state index < -0.39 is 16.4 Å². The Kier molecular flexibility index (Phi) is 9.88. The SMILES string of the molecule is CCC[C@@H](C#C[Si](C)(C)C)[C@H](NCc1ccccc1)[C@@H](C)O[Si](C)(C)C(C)(C)C. The van der Waals surface area contributed by atoms with Crippen LogP contribution in [0.3, 0.4) is 0 Å². The molecule has 0 saturated carbocycles. The predicted octanol–water partition coefficient (Wildman–Crippen LogP) is 6.85. The maximum atomic E-state index is 6.83. The minimum Gasteiger partial charge on any atom is -0.413 e. The molecule has 0 aliphatic rings. The normalized spacial score (nSPS) is 15.9. The molecule has 0 fully saturated rings. The molecule has 4 heteroatoms. The Labute approximate surface area is 183 Å². The molecule has 0 aliphatic carbocycles. The molecule has 1 rings (SSSR count). The zero-order valence-electron chi connectivity index (χ0n) is 20.6. The third-order valence-electron chi connectivity index (χ3n) is 5.84. The van der Waals surface area contributed by atoms with Gasteiger partial charge < -0.3 is 9.74 Å². The first-order valence-corrected chi connectivity index (χ1v) is 17.7. The Morgan fingerprint density at radius 2 is 1.62 bits per heavy atom. The van der Waals surface area contributed by atoms with E-state index in [2.05, 4.69) is 114 Å². The van der Waals surface area contributed by atoms with Crippen molar-refractivity contribution in [2.24, 2.45) is 5.92 Å². The van der Waals surface area contributed by atoms with E-state index in [0.29, 0.717) is 5.92 Å². The minimum absolute atomic E-state index is 0.132. The number of rotatable bonds is 9. The first kappa shape index (κ1) is 26.2. The summed E-state index contributed by atoms with van der Waals surface area (Å²) in [6, 6.07) is 10.9. The molecule has 2 nitrogen and oxygen atoms in total. The highest BCUT2D eigenvalue weighted by Crippen LogP contribution is 2.38. The molecule has 29 heavy (non-hydrogen) atoms. The third-order valence-corrected chi connectivity index (χ3v) is 11.3. The van der Waals surface area contributed by atoms with Crippen molar-refractivity contribution in [3.63, 3.8) is 0 Å². The van der Waals surface area contributed by atoms with Crippen LogP contribution in [0.4, 0.5) is 0 Å². The van der Waals surface area contributed by atoms with Gasteiger partial charge in [-0.3, -0.25) is 0 Å². The molecule has 1 aromatic rings. The molecule has 0 bridgehead atoms. The highest BCUT2D eigenvalue weighted by Gasteiger charge is 2.40. The van der Waals surface area contributed by atoms with Gasteiger partial charge in [-0.15, -0.1) is 11.5 Å². The Morgan fingerprint density at radius 1 is 1.03 bits per heavy atom. The van der Waals surface area contributed by atoms with Crippen LogP contribution in [0.25, 0.3) is 0 Å². The molecule has 1 aromatic carbocycles. The van der Waals surface area contributed by atoms with E-state index >= 15 is 0 Å². The topological polar surface area (TPSA) is 21.3 Å². The van der Waals surface area contributed by atoms with Gasteiger partial charge in [0.2, 0.25) is 0 Å². The summed E-state index contributed by atoms with van der Waals surface area (Å²) in [4.78, 5) is 0. The van der Waals surface area contributed by atoms with Crippen molar-refractivity contribution in [2.75, 3.05) is 0 Å². The van der Waals surface area contributed by atoms with Crippen molar-refractivity contribution in [1.29, 1.82) is 0 Å². The molecule has 0 aromatic heterocycles. The summed E-state index contributed by atoms with van der Waals surface area (Å²) in [5, 5.41) is 4.05. The van der Waals surface area contributed by atoms with Crippen LogP contribution in [0, 0.1) is 17.4 Å². The van der Waals surface area contributed by atoms with Gasteiger partial charge in [-0.05, 0) is 37.0 Å². The molecule has 0 aliphatic heterocycles. The largest absolute Gasteiger partial charge is 0.413 e. The molecule has 0 spiro atoms. The van der Waals surface area contributed by atoms with E-state index in [1.807, 2.05) is 0 Å². The van der Waals surface area contributed by atoms with E-state index in [0.717, 1.165) is 19.4 Å². The van der Waals surface area contributed by atoms with Crippen LogP contribution in [0.5, 0.6) is 0 Å². The maximum absolute atomic E-state index is 6.83. The number of hydrogen-bond donors (Lipinski definition) is 1. The van der Waals surface area contributed by atoms with E-state index in [9.17, 15) is 0 Å². The number of hydrogen-bond acceptors (Lipinski definition) is 2. The van der Waals surface area contributed by atoms with Gasteiger partial charge in [0.15, 0.2) is 8.32 Å². The lowest BCUT2D eigenvalue weighted by Gasteiger charge is -2.41. The van der Waals surface area contributed by atoms with Crippen LogP contribution in [0.1, 0.15) is 53.0 Å². The van der Waals surface area contributed by atoms with Crippen LogP contribution >= 0.6 is 0 Å². The smallest absolute Gasteiger partial charge is 0.192 e. The minimum atomic E-state index is -1.85. The summed E-state index contributed by atoms with van der Waals surface area (Å²) >= 11 is 0. The average Bonchev–Trinajstić information content (AvgIpc) is 2.58. The molecule has 0 radical (unpaired) electrons. The third kappa shape index (κ3) is 9.21. The first-order valence-electron chi connectivity index (χ1n) is 11.2. The lowest BCUT2D eigenvalue weighted by molar-refractivity contribution is 0.129. The summed E-state index contributed by atoms with van der Waals surface area (Å²) in [6.07, 6.45) is 2.38. The molecule has 0 unspecified atom stereocenters. The second kappa shape index (κ2) is 11.0. The predicted molar refractivity (Wildman–Crippen MR) is 134 cm³/mol. The zero-order valence-corrected chi connectivity index (χ0v) is 22.6. The van der Waals surface area contributed by atoms with E-state index in [1.54, 1.807) is 0 Å². The Bertz CT molecular complexity index is 662. The molecule has 1 N–H and O–H groups in total. The summed E-state index contributed by atoms with van der Waals surface area (Å²) < 4.78 is 6.83. The molecule has 0 saturated heterocycles.